The molecule has 2 aliphatic carbocycles. The molecule has 1 aromatic carbocycles. The van der Waals surface area contributed by atoms with Crippen LogP contribution in [-0.4, -0.2) is 29.1 Å². The Morgan fingerprint density at radius 3 is 2.96 bits per heavy atom. The second-order valence-corrected chi connectivity index (χ2v) is 7.21. The number of hydrogen-bond acceptors (Lipinski definition) is 3. The number of likely N-dealkylation sites (N-methyl/N-ethyl adjacent to an activating group) is 1. The van der Waals surface area contributed by atoms with Crippen molar-refractivity contribution in [2.24, 2.45) is 5.41 Å². The Morgan fingerprint density at radius 2 is 2.17 bits per heavy atom. The van der Waals surface area contributed by atoms with Gasteiger partial charge in [0.05, 0.1) is 11.6 Å². The van der Waals surface area contributed by atoms with E-state index in [9.17, 15) is 4.79 Å². The van der Waals surface area contributed by atoms with Crippen LogP contribution in [0.3, 0.4) is 0 Å². The van der Waals surface area contributed by atoms with Crippen molar-refractivity contribution in [1.82, 2.24) is 10.1 Å². The van der Waals surface area contributed by atoms with E-state index in [1.807, 2.05) is 17.2 Å². The number of benzene rings is 1. The summed E-state index contributed by atoms with van der Waals surface area (Å²) >= 11 is 0. The first-order valence-electron chi connectivity index (χ1n) is 8.51. The highest BCUT2D eigenvalue weighted by Gasteiger charge is 2.75. The third-order valence-electron chi connectivity index (χ3n) is 6.50. The van der Waals surface area contributed by atoms with Crippen molar-refractivity contribution in [3.05, 3.63) is 53.4 Å². The topological polar surface area (TPSA) is 46.3 Å². The predicted octanol–water partition coefficient (Wildman–Crippen LogP) is 2.89. The molecule has 3 unspecified atom stereocenters. The van der Waals surface area contributed by atoms with Gasteiger partial charge in [0.1, 0.15) is 5.76 Å². The molecule has 118 valence electrons. The monoisotopic (exact) mass is 308 g/mol. The van der Waals surface area contributed by atoms with E-state index in [1.54, 1.807) is 0 Å². The van der Waals surface area contributed by atoms with E-state index < -0.39 is 5.41 Å². The number of likely N-dealkylation sites (tertiary alicyclic amines) is 1. The maximum atomic E-state index is 13.6. The van der Waals surface area contributed by atoms with Gasteiger partial charge in [-0.2, -0.15) is 0 Å². The van der Waals surface area contributed by atoms with Crippen LogP contribution in [-0.2, 0) is 16.6 Å². The molecular formula is C19H20N2O2. The number of nitrogens with zero attached hydrogens (tertiary/aromatic N) is 2. The standard InChI is InChI=1S/C19H20N2O2/c1-2-21-9-8-18-11-15(18)16-13(12-20-23-16)10-19(18,17(21)22)14-6-4-3-5-7-14/h3-7,12,15H,2,8-11H2,1H3. The van der Waals surface area contributed by atoms with Crippen LogP contribution in [0.4, 0.5) is 0 Å². The van der Waals surface area contributed by atoms with Gasteiger partial charge in [0.25, 0.3) is 0 Å². The lowest BCUT2D eigenvalue weighted by molar-refractivity contribution is -0.146. The number of piperidine rings is 1. The lowest BCUT2D eigenvalue weighted by atomic mass is 9.57. The summed E-state index contributed by atoms with van der Waals surface area (Å²) in [6.45, 7) is 3.72. The first-order chi connectivity index (χ1) is 11.2. The summed E-state index contributed by atoms with van der Waals surface area (Å²) in [6, 6.07) is 10.4. The normalized spacial score (nSPS) is 34.6. The van der Waals surface area contributed by atoms with Gasteiger partial charge in [0.15, 0.2) is 0 Å². The maximum absolute atomic E-state index is 13.6. The second kappa shape index (κ2) is 4.25. The zero-order valence-electron chi connectivity index (χ0n) is 13.3. The molecule has 1 amide bonds. The van der Waals surface area contributed by atoms with Crippen LogP contribution in [0.1, 0.15) is 42.6 Å². The summed E-state index contributed by atoms with van der Waals surface area (Å²) in [5.41, 5.74) is 1.88. The fraction of sp³-hybridized carbons (Fsp3) is 0.474. The Bertz CT molecular complexity index is 784. The summed E-state index contributed by atoms with van der Waals surface area (Å²) in [6.07, 6.45) is 4.65. The zero-order chi connectivity index (χ0) is 15.7. The summed E-state index contributed by atoms with van der Waals surface area (Å²) < 4.78 is 5.55. The molecule has 0 N–H and O–H groups in total. The molecule has 4 heteroatoms. The number of amides is 1. The number of rotatable bonds is 2. The van der Waals surface area contributed by atoms with Gasteiger partial charge in [0, 0.05) is 30.0 Å². The minimum absolute atomic E-state index is 0.0314. The summed E-state index contributed by atoms with van der Waals surface area (Å²) in [5.74, 6) is 1.69. The SMILES string of the molecule is CCN1CCC23CC2c2oncc2CC3(c2ccccc2)C1=O. The largest absolute Gasteiger partial charge is 0.361 e. The van der Waals surface area contributed by atoms with Crippen molar-refractivity contribution in [2.75, 3.05) is 13.1 Å². The number of carbonyl (C=O) groups is 1. The fourth-order valence-corrected chi connectivity index (χ4v) is 5.29. The molecule has 1 aliphatic heterocycles. The Labute approximate surface area is 135 Å². The minimum Gasteiger partial charge on any atom is -0.361 e. The quantitative estimate of drug-likeness (QED) is 0.857. The van der Waals surface area contributed by atoms with Crippen LogP contribution < -0.4 is 0 Å². The van der Waals surface area contributed by atoms with Gasteiger partial charge in [0.2, 0.25) is 5.91 Å². The smallest absolute Gasteiger partial charge is 0.234 e. The average Bonchev–Trinajstić information content (AvgIpc) is 3.14. The first kappa shape index (κ1) is 13.3. The molecule has 0 radical (unpaired) electrons. The van der Waals surface area contributed by atoms with Crippen molar-refractivity contribution in [2.45, 2.75) is 37.5 Å². The summed E-state index contributed by atoms with van der Waals surface area (Å²) in [4.78, 5) is 15.6. The molecule has 23 heavy (non-hydrogen) atoms. The van der Waals surface area contributed by atoms with Crippen LogP contribution >= 0.6 is 0 Å². The van der Waals surface area contributed by atoms with Crippen molar-refractivity contribution < 1.29 is 9.32 Å². The highest BCUT2D eigenvalue weighted by molar-refractivity contribution is 5.92. The average molecular weight is 308 g/mol. The Morgan fingerprint density at radius 1 is 1.35 bits per heavy atom. The van der Waals surface area contributed by atoms with Crippen LogP contribution in [0.25, 0.3) is 0 Å². The maximum Gasteiger partial charge on any atom is 0.234 e. The van der Waals surface area contributed by atoms with Gasteiger partial charge in [-0.15, -0.1) is 0 Å². The Balaban J connectivity index is 1.76. The first-order valence-corrected chi connectivity index (χ1v) is 8.51. The summed E-state index contributed by atoms with van der Waals surface area (Å²) in [7, 11) is 0. The van der Waals surface area contributed by atoms with E-state index in [0.29, 0.717) is 11.8 Å². The molecule has 2 heterocycles. The molecule has 3 atom stereocenters. The minimum atomic E-state index is -0.439. The van der Waals surface area contributed by atoms with Crippen LogP contribution in [0, 0.1) is 5.41 Å². The molecule has 1 saturated carbocycles. The van der Waals surface area contributed by atoms with E-state index in [1.165, 1.54) is 0 Å². The van der Waals surface area contributed by atoms with Crippen molar-refractivity contribution >= 4 is 5.91 Å². The Kier molecular flexibility index (Phi) is 2.47. The third-order valence-corrected chi connectivity index (χ3v) is 6.50. The van der Waals surface area contributed by atoms with Crippen LogP contribution in [0.5, 0.6) is 0 Å². The lowest BCUT2D eigenvalue weighted by Gasteiger charge is -2.50. The third kappa shape index (κ3) is 1.42. The molecule has 2 fully saturated rings. The number of hydrogen-bond donors (Lipinski definition) is 0. The van der Waals surface area contributed by atoms with Gasteiger partial charge in [-0.25, -0.2) is 0 Å². The molecule has 4 nitrogen and oxygen atoms in total. The molecule has 2 aromatic rings. The molecule has 1 spiro atoms. The number of fused-ring (bicyclic) bond motifs is 2. The van der Waals surface area contributed by atoms with Gasteiger partial charge < -0.3 is 9.42 Å². The molecule has 0 bridgehead atoms. The predicted molar refractivity (Wildman–Crippen MR) is 85.0 cm³/mol. The second-order valence-electron chi connectivity index (χ2n) is 7.21. The summed E-state index contributed by atoms with van der Waals surface area (Å²) in [5, 5.41) is 4.02. The van der Waals surface area contributed by atoms with E-state index >= 15 is 0 Å². The van der Waals surface area contributed by atoms with E-state index in [2.05, 4.69) is 36.3 Å². The van der Waals surface area contributed by atoms with Crippen molar-refractivity contribution in [1.29, 1.82) is 0 Å². The van der Waals surface area contributed by atoms with Gasteiger partial charge in [-0.05, 0) is 31.7 Å². The highest BCUT2D eigenvalue weighted by atomic mass is 16.5. The van der Waals surface area contributed by atoms with Crippen molar-refractivity contribution in [3.8, 4) is 0 Å². The number of aromatic nitrogens is 1. The molecule has 1 aromatic heterocycles. The zero-order valence-corrected chi connectivity index (χ0v) is 13.3. The van der Waals surface area contributed by atoms with Gasteiger partial charge in [-0.1, -0.05) is 35.5 Å². The van der Waals surface area contributed by atoms with Crippen LogP contribution in [0.15, 0.2) is 41.1 Å². The molecule has 1 saturated heterocycles. The van der Waals surface area contributed by atoms with E-state index in [4.69, 9.17) is 4.52 Å². The van der Waals surface area contributed by atoms with E-state index in [0.717, 1.165) is 49.2 Å². The lowest BCUT2D eigenvalue weighted by Crippen LogP contribution is -2.60. The van der Waals surface area contributed by atoms with Crippen LogP contribution in [0.2, 0.25) is 0 Å². The fourth-order valence-electron chi connectivity index (χ4n) is 5.29. The van der Waals surface area contributed by atoms with Gasteiger partial charge >= 0.3 is 0 Å². The van der Waals surface area contributed by atoms with Gasteiger partial charge in [-0.3, -0.25) is 4.79 Å². The van der Waals surface area contributed by atoms with Crippen molar-refractivity contribution in [3.63, 3.8) is 0 Å². The molecule has 5 rings (SSSR count). The molecule has 3 aliphatic rings. The number of carbonyl (C=O) groups excluding carboxylic acids is 1. The Hall–Kier alpha value is -2.10. The highest BCUT2D eigenvalue weighted by Crippen LogP contribution is 2.75. The molecular weight excluding hydrogens is 288 g/mol. The van der Waals surface area contributed by atoms with E-state index in [-0.39, 0.29) is 5.41 Å².